The molecule has 2 aliphatic carbocycles. The standard InChI is InChI=1S/C9H12Br2/c1-7-5-3-4-6-8(7,2)9(7,10)11/h3-4H,5-6H2,1-2H3/t7-,8+. The second-order valence-corrected chi connectivity index (χ2v) is 7.56. The Kier molecular flexibility index (Phi) is 1.48. The molecule has 0 unspecified atom stereocenters. The average molecular weight is 280 g/mol. The molecule has 0 nitrogen and oxygen atoms in total. The molecule has 0 aromatic carbocycles. The third-order valence-electron chi connectivity index (χ3n) is 3.76. The first-order chi connectivity index (χ1) is 4.96. The van der Waals surface area contributed by atoms with Crippen molar-refractivity contribution in [2.24, 2.45) is 10.8 Å². The van der Waals surface area contributed by atoms with Crippen molar-refractivity contribution >= 4 is 31.9 Å². The van der Waals surface area contributed by atoms with E-state index in [1.165, 1.54) is 12.8 Å². The lowest BCUT2D eigenvalue weighted by molar-refractivity contribution is 0.380. The van der Waals surface area contributed by atoms with Gasteiger partial charge in [-0.1, -0.05) is 57.9 Å². The monoisotopic (exact) mass is 278 g/mol. The van der Waals surface area contributed by atoms with Gasteiger partial charge in [0.15, 0.2) is 0 Å². The highest BCUT2D eigenvalue weighted by Crippen LogP contribution is 2.83. The number of halogens is 2. The van der Waals surface area contributed by atoms with Gasteiger partial charge in [-0.2, -0.15) is 0 Å². The molecule has 0 spiro atoms. The quantitative estimate of drug-likeness (QED) is 0.467. The van der Waals surface area contributed by atoms with Crippen LogP contribution in [0.15, 0.2) is 12.2 Å². The molecule has 0 N–H and O–H groups in total. The summed E-state index contributed by atoms with van der Waals surface area (Å²) in [5.41, 5.74) is 0.851. The summed E-state index contributed by atoms with van der Waals surface area (Å²) < 4.78 is 0.184. The molecular formula is C9H12Br2. The Balaban J connectivity index is 2.40. The molecule has 2 aliphatic rings. The van der Waals surface area contributed by atoms with Crippen LogP contribution < -0.4 is 0 Å². The molecule has 1 saturated carbocycles. The van der Waals surface area contributed by atoms with Crippen molar-refractivity contribution in [2.45, 2.75) is 29.9 Å². The molecule has 62 valence electrons. The van der Waals surface area contributed by atoms with Gasteiger partial charge in [0.05, 0.1) is 3.23 Å². The molecule has 0 bridgehead atoms. The zero-order chi connectivity index (χ0) is 8.33. The van der Waals surface area contributed by atoms with Crippen LogP contribution in [0.25, 0.3) is 0 Å². The third-order valence-corrected chi connectivity index (χ3v) is 7.26. The Labute approximate surface area is 84.7 Å². The first-order valence-electron chi connectivity index (χ1n) is 3.98. The summed E-state index contributed by atoms with van der Waals surface area (Å²) in [6.45, 7) is 4.69. The van der Waals surface area contributed by atoms with Gasteiger partial charge >= 0.3 is 0 Å². The molecule has 1 fully saturated rings. The van der Waals surface area contributed by atoms with E-state index < -0.39 is 0 Å². The second-order valence-electron chi connectivity index (χ2n) is 4.12. The summed E-state index contributed by atoms with van der Waals surface area (Å²) in [5, 5.41) is 0. The van der Waals surface area contributed by atoms with Gasteiger partial charge in [0.25, 0.3) is 0 Å². The van der Waals surface area contributed by atoms with E-state index >= 15 is 0 Å². The lowest BCUT2D eigenvalue weighted by atomic mass is 9.86. The Hall–Kier alpha value is 0.700. The van der Waals surface area contributed by atoms with Gasteiger partial charge in [0.1, 0.15) is 0 Å². The van der Waals surface area contributed by atoms with Crippen molar-refractivity contribution in [3.05, 3.63) is 12.2 Å². The summed E-state index contributed by atoms with van der Waals surface area (Å²) >= 11 is 7.54. The third kappa shape index (κ3) is 0.673. The van der Waals surface area contributed by atoms with Crippen LogP contribution in [0.1, 0.15) is 26.7 Å². The number of hydrogen-bond donors (Lipinski definition) is 0. The van der Waals surface area contributed by atoms with Crippen molar-refractivity contribution in [3.63, 3.8) is 0 Å². The predicted molar refractivity (Wildman–Crippen MR) is 55.2 cm³/mol. The smallest absolute Gasteiger partial charge is 0.0879 e. The van der Waals surface area contributed by atoms with Crippen LogP contribution in [0.4, 0.5) is 0 Å². The van der Waals surface area contributed by atoms with Gasteiger partial charge in [0, 0.05) is 10.8 Å². The zero-order valence-corrected chi connectivity index (χ0v) is 10.00. The molecule has 11 heavy (non-hydrogen) atoms. The van der Waals surface area contributed by atoms with Crippen LogP contribution in [0.3, 0.4) is 0 Å². The molecular weight excluding hydrogens is 268 g/mol. The highest BCUT2D eigenvalue weighted by atomic mass is 79.9. The largest absolute Gasteiger partial charge is 0.0930 e. The van der Waals surface area contributed by atoms with E-state index in [1.54, 1.807) is 0 Å². The second kappa shape index (κ2) is 1.95. The fraction of sp³-hybridized carbons (Fsp3) is 0.778. The Bertz CT molecular complexity index is 210. The van der Waals surface area contributed by atoms with Crippen LogP contribution in [-0.4, -0.2) is 3.23 Å². The predicted octanol–water partition coefficient (Wildman–Crippen LogP) is 3.85. The van der Waals surface area contributed by atoms with Gasteiger partial charge < -0.3 is 0 Å². The average Bonchev–Trinajstić information content (AvgIpc) is 2.28. The van der Waals surface area contributed by atoms with Crippen LogP contribution in [0.5, 0.6) is 0 Å². The summed E-state index contributed by atoms with van der Waals surface area (Å²) in [4.78, 5) is 0. The molecule has 0 aromatic rings. The van der Waals surface area contributed by atoms with Crippen molar-refractivity contribution in [2.75, 3.05) is 0 Å². The highest BCUT2D eigenvalue weighted by Gasteiger charge is 2.79. The maximum atomic E-state index is 3.77. The van der Waals surface area contributed by atoms with E-state index in [2.05, 4.69) is 57.9 Å². The van der Waals surface area contributed by atoms with E-state index in [0.717, 1.165) is 0 Å². The maximum absolute atomic E-state index is 3.77. The molecule has 0 radical (unpaired) electrons. The van der Waals surface area contributed by atoms with E-state index in [0.29, 0.717) is 10.8 Å². The zero-order valence-electron chi connectivity index (χ0n) is 6.82. The van der Waals surface area contributed by atoms with Crippen LogP contribution in [0, 0.1) is 10.8 Å². The van der Waals surface area contributed by atoms with Gasteiger partial charge in [-0.15, -0.1) is 0 Å². The first kappa shape index (κ1) is 8.31. The van der Waals surface area contributed by atoms with Crippen molar-refractivity contribution in [3.8, 4) is 0 Å². The van der Waals surface area contributed by atoms with Crippen LogP contribution in [0.2, 0.25) is 0 Å². The molecule has 0 aliphatic heterocycles. The van der Waals surface area contributed by atoms with Crippen molar-refractivity contribution < 1.29 is 0 Å². The Morgan fingerprint density at radius 3 is 1.64 bits per heavy atom. The van der Waals surface area contributed by atoms with Gasteiger partial charge in [-0.25, -0.2) is 0 Å². The number of fused-ring (bicyclic) bond motifs is 1. The topological polar surface area (TPSA) is 0 Å². The van der Waals surface area contributed by atoms with Crippen LogP contribution in [-0.2, 0) is 0 Å². The number of hydrogen-bond acceptors (Lipinski definition) is 0. The summed E-state index contributed by atoms with van der Waals surface area (Å²) in [6, 6.07) is 0. The lowest BCUT2D eigenvalue weighted by Gasteiger charge is -2.17. The lowest BCUT2D eigenvalue weighted by Crippen LogP contribution is -2.08. The maximum Gasteiger partial charge on any atom is 0.0930 e. The van der Waals surface area contributed by atoms with Crippen molar-refractivity contribution in [1.82, 2.24) is 0 Å². The van der Waals surface area contributed by atoms with Gasteiger partial charge in [-0.3, -0.25) is 0 Å². The van der Waals surface area contributed by atoms with Crippen molar-refractivity contribution in [1.29, 1.82) is 0 Å². The fourth-order valence-electron chi connectivity index (χ4n) is 2.29. The molecule has 2 atom stereocenters. The SMILES string of the molecule is C[C@@]12CC=CC[C@]1(C)C2(Br)Br. The van der Waals surface area contributed by atoms with Gasteiger partial charge in [-0.05, 0) is 12.8 Å². The molecule has 0 heterocycles. The minimum Gasteiger partial charge on any atom is -0.0879 e. The highest BCUT2D eigenvalue weighted by molar-refractivity contribution is 9.25. The van der Waals surface area contributed by atoms with E-state index in [1.807, 2.05) is 0 Å². The molecule has 2 rings (SSSR count). The van der Waals surface area contributed by atoms with E-state index in [-0.39, 0.29) is 3.23 Å². The van der Waals surface area contributed by atoms with E-state index in [9.17, 15) is 0 Å². The first-order valence-corrected chi connectivity index (χ1v) is 5.57. The molecule has 0 saturated heterocycles. The Morgan fingerprint density at radius 1 is 1.00 bits per heavy atom. The summed E-state index contributed by atoms with van der Waals surface area (Å²) in [6.07, 6.45) is 6.98. The van der Waals surface area contributed by atoms with Crippen LogP contribution >= 0.6 is 31.9 Å². The molecule has 0 aromatic heterocycles. The molecule has 2 heteroatoms. The Morgan fingerprint density at radius 2 is 1.36 bits per heavy atom. The van der Waals surface area contributed by atoms with Gasteiger partial charge in [0.2, 0.25) is 0 Å². The number of allylic oxidation sites excluding steroid dienone is 2. The summed E-state index contributed by atoms with van der Waals surface area (Å²) in [5.74, 6) is 0. The minimum absolute atomic E-state index is 0.184. The number of alkyl halides is 2. The molecule has 0 amide bonds. The number of rotatable bonds is 0. The van der Waals surface area contributed by atoms with E-state index in [4.69, 9.17) is 0 Å². The minimum atomic E-state index is 0.184. The normalized spacial score (nSPS) is 52.0. The summed E-state index contributed by atoms with van der Waals surface area (Å²) in [7, 11) is 0. The fourth-order valence-corrected chi connectivity index (χ4v) is 4.49.